The van der Waals surface area contributed by atoms with Gasteiger partial charge in [0.05, 0.1) is 18.4 Å². The van der Waals surface area contributed by atoms with Crippen molar-refractivity contribution in [3.05, 3.63) is 51.4 Å². The van der Waals surface area contributed by atoms with Crippen molar-refractivity contribution < 1.29 is 4.74 Å². The quantitative estimate of drug-likeness (QED) is 0.507. The van der Waals surface area contributed by atoms with Crippen LogP contribution in [0, 0.1) is 11.3 Å². The molecular weight excluding hydrogens is 304 g/mol. The second-order valence-electron chi connectivity index (χ2n) is 5.45. The lowest BCUT2D eigenvalue weighted by atomic mass is 9.89. The van der Waals surface area contributed by atoms with Crippen LogP contribution < -0.4 is 10.1 Å². The molecule has 0 unspecified atom stereocenters. The minimum atomic E-state index is 0.351. The zero-order valence-electron chi connectivity index (χ0n) is 13.3. The van der Waals surface area contributed by atoms with E-state index in [4.69, 9.17) is 10.3 Å². The van der Waals surface area contributed by atoms with Gasteiger partial charge >= 0.3 is 0 Å². The molecule has 2 aromatic rings. The fraction of sp³-hybridized carbons (Fsp3) is 0.294. The second-order valence-corrected chi connectivity index (χ2v) is 5.45. The number of aromatic nitrogens is 1. The Kier molecular flexibility index (Phi) is 4.50. The Balaban J connectivity index is 2.15. The number of methoxy groups -OCH3 is 1. The lowest BCUT2D eigenvalue weighted by Gasteiger charge is -2.21. The molecule has 1 aromatic heterocycles. The van der Waals surface area contributed by atoms with Crippen molar-refractivity contribution in [2.45, 2.75) is 25.7 Å². The molecule has 0 spiro atoms. The van der Waals surface area contributed by atoms with E-state index in [0.29, 0.717) is 28.6 Å². The number of pyridine rings is 1. The molecule has 0 radical (unpaired) electrons. The average molecular weight is 320 g/mol. The summed E-state index contributed by atoms with van der Waals surface area (Å²) < 4.78 is 5.33. The van der Waals surface area contributed by atoms with E-state index in [1.54, 1.807) is 7.11 Å². The van der Waals surface area contributed by atoms with Crippen LogP contribution in [0.15, 0.2) is 29.4 Å². The van der Waals surface area contributed by atoms with Crippen LogP contribution in [0.5, 0.6) is 5.75 Å². The number of nitriles is 1. The van der Waals surface area contributed by atoms with Crippen molar-refractivity contribution >= 4 is 17.3 Å². The SMILES string of the molecule is COc1ccccc1Nc1nc(N=[N+]=[N-])c2c(c1C#N)CCCC2. The maximum absolute atomic E-state index is 9.64. The van der Waals surface area contributed by atoms with Crippen molar-refractivity contribution in [1.29, 1.82) is 5.26 Å². The molecular formula is C17H16N6O. The van der Waals surface area contributed by atoms with Gasteiger partial charge in [0.2, 0.25) is 0 Å². The first-order valence-electron chi connectivity index (χ1n) is 7.69. The first-order valence-corrected chi connectivity index (χ1v) is 7.69. The zero-order valence-corrected chi connectivity index (χ0v) is 13.3. The Morgan fingerprint density at radius 2 is 2.04 bits per heavy atom. The van der Waals surface area contributed by atoms with Gasteiger partial charge in [-0.25, -0.2) is 4.98 Å². The number of nitrogens with zero attached hydrogens (tertiary/aromatic N) is 5. The predicted octanol–water partition coefficient (Wildman–Crippen LogP) is 4.53. The summed E-state index contributed by atoms with van der Waals surface area (Å²) in [5.74, 6) is 1.39. The highest BCUT2D eigenvalue weighted by Crippen LogP contribution is 2.36. The first kappa shape index (κ1) is 15.7. The highest BCUT2D eigenvalue weighted by atomic mass is 16.5. The van der Waals surface area contributed by atoms with E-state index < -0.39 is 0 Å². The summed E-state index contributed by atoms with van der Waals surface area (Å²) in [6.45, 7) is 0. The molecule has 0 bridgehead atoms. The molecule has 1 heterocycles. The number of benzene rings is 1. The summed E-state index contributed by atoms with van der Waals surface area (Å²) in [4.78, 5) is 7.29. The maximum atomic E-state index is 9.64. The fourth-order valence-electron chi connectivity index (χ4n) is 3.01. The zero-order chi connectivity index (χ0) is 16.9. The van der Waals surface area contributed by atoms with E-state index in [1.807, 2.05) is 24.3 Å². The molecule has 24 heavy (non-hydrogen) atoms. The Labute approximate surface area is 139 Å². The van der Waals surface area contributed by atoms with Crippen molar-refractivity contribution in [3.63, 3.8) is 0 Å². The summed E-state index contributed by atoms with van der Waals surface area (Å²) in [5.41, 5.74) is 11.9. The highest BCUT2D eigenvalue weighted by Gasteiger charge is 2.22. The van der Waals surface area contributed by atoms with Gasteiger partial charge in [-0.2, -0.15) is 5.26 Å². The lowest BCUT2D eigenvalue weighted by molar-refractivity contribution is 0.417. The van der Waals surface area contributed by atoms with E-state index in [9.17, 15) is 5.26 Å². The van der Waals surface area contributed by atoms with E-state index in [-0.39, 0.29) is 0 Å². The van der Waals surface area contributed by atoms with E-state index in [1.165, 1.54) is 0 Å². The first-order chi connectivity index (χ1) is 11.8. The molecule has 3 rings (SSSR count). The summed E-state index contributed by atoms with van der Waals surface area (Å²) in [5, 5.41) is 16.5. The number of hydrogen-bond acceptors (Lipinski definition) is 5. The molecule has 0 amide bonds. The minimum Gasteiger partial charge on any atom is -0.495 e. The molecule has 1 aliphatic rings. The molecule has 0 fully saturated rings. The van der Waals surface area contributed by atoms with Crippen molar-refractivity contribution in [2.24, 2.45) is 5.11 Å². The second kappa shape index (κ2) is 6.90. The topological polar surface area (TPSA) is 107 Å². The fourth-order valence-corrected chi connectivity index (χ4v) is 3.01. The Hall–Kier alpha value is -3.23. The largest absolute Gasteiger partial charge is 0.495 e. The molecule has 7 nitrogen and oxygen atoms in total. The number of para-hydroxylation sites is 2. The average Bonchev–Trinajstić information content (AvgIpc) is 2.62. The number of nitrogens with one attached hydrogen (secondary N) is 1. The van der Waals surface area contributed by atoms with Gasteiger partial charge in [0.15, 0.2) is 0 Å². The van der Waals surface area contributed by atoms with Crippen LogP contribution in [-0.2, 0) is 12.8 Å². The Bertz CT molecular complexity index is 864. The van der Waals surface area contributed by atoms with Gasteiger partial charge < -0.3 is 10.1 Å². The molecule has 1 N–H and O–H groups in total. The van der Waals surface area contributed by atoms with Crippen molar-refractivity contribution in [1.82, 2.24) is 4.98 Å². The number of anilines is 2. The van der Waals surface area contributed by atoms with Crippen LogP contribution in [0.3, 0.4) is 0 Å². The predicted molar refractivity (Wildman–Crippen MR) is 90.7 cm³/mol. The van der Waals surface area contributed by atoms with E-state index >= 15 is 0 Å². The van der Waals surface area contributed by atoms with Crippen LogP contribution in [0.4, 0.5) is 17.3 Å². The summed E-state index contributed by atoms with van der Waals surface area (Å²) in [6, 6.07) is 9.64. The van der Waals surface area contributed by atoms with Gasteiger partial charge in [-0.05, 0) is 59.6 Å². The third-order valence-electron chi connectivity index (χ3n) is 4.11. The summed E-state index contributed by atoms with van der Waals surface area (Å²) in [7, 11) is 1.58. The molecule has 1 aromatic carbocycles. The molecule has 1 aliphatic carbocycles. The lowest BCUT2D eigenvalue weighted by Crippen LogP contribution is -2.10. The molecule has 0 saturated carbocycles. The van der Waals surface area contributed by atoms with Gasteiger partial charge in [0, 0.05) is 4.91 Å². The molecule has 0 saturated heterocycles. The maximum Gasteiger partial charge on any atom is 0.149 e. The normalized spacial score (nSPS) is 12.5. The third kappa shape index (κ3) is 2.83. The van der Waals surface area contributed by atoms with Crippen LogP contribution in [-0.4, -0.2) is 12.1 Å². The van der Waals surface area contributed by atoms with Crippen LogP contribution in [0.2, 0.25) is 0 Å². The van der Waals surface area contributed by atoms with Crippen molar-refractivity contribution in [3.8, 4) is 11.8 Å². The number of ether oxygens (including phenoxy) is 1. The van der Waals surface area contributed by atoms with Crippen molar-refractivity contribution in [2.75, 3.05) is 12.4 Å². The van der Waals surface area contributed by atoms with Gasteiger partial charge in [0.1, 0.15) is 23.5 Å². The molecule has 7 heteroatoms. The number of hydrogen-bond donors (Lipinski definition) is 1. The molecule has 0 aliphatic heterocycles. The van der Waals surface area contributed by atoms with E-state index in [2.05, 4.69) is 26.4 Å². The Morgan fingerprint density at radius 3 is 2.75 bits per heavy atom. The third-order valence-corrected chi connectivity index (χ3v) is 4.11. The van der Waals surface area contributed by atoms with Gasteiger partial charge in [-0.3, -0.25) is 0 Å². The van der Waals surface area contributed by atoms with Crippen LogP contribution >= 0.6 is 0 Å². The van der Waals surface area contributed by atoms with Crippen LogP contribution in [0.1, 0.15) is 29.5 Å². The monoisotopic (exact) mass is 320 g/mol. The van der Waals surface area contributed by atoms with Gasteiger partial charge in [-0.15, -0.1) is 0 Å². The summed E-state index contributed by atoms with van der Waals surface area (Å²) >= 11 is 0. The molecule has 0 atom stereocenters. The van der Waals surface area contributed by atoms with Crippen LogP contribution in [0.25, 0.3) is 10.4 Å². The van der Waals surface area contributed by atoms with Gasteiger partial charge in [0.25, 0.3) is 0 Å². The number of rotatable bonds is 4. The Morgan fingerprint density at radius 1 is 1.29 bits per heavy atom. The number of fused-ring (bicyclic) bond motifs is 1. The molecule has 120 valence electrons. The van der Waals surface area contributed by atoms with Gasteiger partial charge in [-0.1, -0.05) is 12.1 Å². The van der Waals surface area contributed by atoms with E-state index in [0.717, 1.165) is 36.8 Å². The number of azide groups is 1. The minimum absolute atomic E-state index is 0.351. The smallest absolute Gasteiger partial charge is 0.149 e. The highest BCUT2D eigenvalue weighted by molar-refractivity contribution is 5.72. The standard InChI is InChI=1S/C17H16N6O/c1-24-15-9-5-4-8-14(15)20-16-13(10-18)11-6-2-3-7-12(11)17(21-16)22-23-19/h4-5,8-9H,2-3,6-7H2,1H3,(H,20,21). The summed E-state index contributed by atoms with van der Waals surface area (Å²) in [6.07, 6.45) is 3.58.